The molecule has 1 aliphatic carbocycles. The Morgan fingerprint density at radius 1 is 1.24 bits per heavy atom. The molecule has 0 amide bonds. The number of hydrogen-bond acceptors (Lipinski definition) is 6. The van der Waals surface area contributed by atoms with Gasteiger partial charge in [-0.1, -0.05) is 19.1 Å². The summed E-state index contributed by atoms with van der Waals surface area (Å²) in [6, 6.07) is 11.6. The Labute approximate surface area is 172 Å². The minimum Gasteiger partial charge on any atom is -0.477 e. The average molecular weight is 392 g/mol. The lowest BCUT2D eigenvalue weighted by Crippen LogP contribution is -2.19. The van der Waals surface area contributed by atoms with Gasteiger partial charge < -0.3 is 20.8 Å². The third-order valence-corrected chi connectivity index (χ3v) is 4.90. The molecule has 6 nitrogen and oxygen atoms in total. The monoisotopic (exact) mass is 391 g/mol. The topological polar surface area (TPSA) is 93.8 Å². The van der Waals surface area contributed by atoms with Crippen LogP contribution in [-0.2, 0) is 0 Å². The molecule has 6 heteroatoms. The summed E-state index contributed by atoms with van der Waals surface area (Å²) in [5.41, 5.74) is 3.86. The molecule has 29 heavy (non-hydrogen) atoms. The van der Waals surface area contributed by atoms with Gasteiger partial charge in [0.25, 0.3) is 0 Å². The molecule has 0 unspecified atom stereocenters. The highest BCUT2D eigenvalue weighted by molar-refractivity contribution is 5.87. The highest BCUT2D eigenvalue weighted by Crippen LogP contribution is 2.35. The van der Waals surface area contributed by atoms with Crippen LogP contribution in [0.4, 0.5) is 5.69 Å². The highest BCUT2D eigenvalue weighted by Gasteiger charge is 2.23. The molecule has 3 N–H and O–H groups in total. The normalized spacial score (nSPS) is 13.0. The van der Waals surface area contributed by atoms with Crippen LogP contribution in [0.5, 0.6) is 5.88 Å². The van der Waals surface area contributed by atoms with E-state index in [2.05, 4.69) is 28.6 Å². The number of rotatable bonds is 12. The van der Waals surface area contributed by atoms with Gasteiger partial charge >= 0.3 is 0 Å². The van der Waals surface area contributed by atoms with Crippen LogP contribution in [0.1, 0.15) is 43.9 Å². The lowest BCUT2D eigenvalue weighted by Gasteiger charge is -2.16. The summed E-state index contributed by atoms with van der Waals surface area (Å²) in [5.74, 6) is 1.16. The van der Waals surface area contributed by atoms with Gasteiger partial charge in [0.2, 0.25) is 5.88 Å². The fourth-order valence-corrected chi connectivity index (χ4v) is 3.02. The van der Waals surface area contributed by atoms with Crippen molar-refractivity contribution in [2.75, 3.05) is 31.6 Å². The van der Waals surface area contributed by atoms with Crippen LogP contribution in [-0.4, -0.2) is 37.4 Å². The molecule has 0 atom stereocenters. The summed E-state index contributed by atoms with van der Waals surface area (Å²) in [4.78, 5) is 4.63. The van der Waals surface area contributed by atoms with Crippen molar-refractivity contribution in [1.82, 2.24) is 10.3 Å². The van der Waals surface area contributed by atoms with E-state index < -0.39 is 0 Å². The van der Waals surface area contributed by atoms with Crippen molar-refractivity contribution in [3.63, 3.8) is 0 Å². The van der Waals surface area contributed by atoms with Gasteiger partial charge in [-0.15, -0.1) is 0 Å². The molecule has 1 saturated carbocycles. The van der Waals surface area contributed by atoms with E-state index in [1.165, 1.54) is 19.1 Å². The van der Waals surface area contributed by atoms with Crippen molar-refractivity contribution in [2.24, 2.45) is 5.92 Å². The maximum Gasteiger partial charge on any atom is 0.222 e. The predicted octanol–water partition coefficient (Wildman–Crippen LogP) is 4.21. The standard InChI is InChI=1S/C23H29N5O/c1-2-10-26-11-3-12-27-21-13-20(19-8-6-17(14-24)7-9-19)23(28-22(21)15-25)29-16-18-4-5-18/h6-9,13,15,18,25-27H,2-5,10-12,16H2,1H3. The molecule has 0 aliphatic heterocycles. The maximum atomic E-state index is 9.07. The highest BCUT2D eigenvalue weighted by atomic mass is 16.5. The second kappa shape index (κ2) is 10.6. The Balaban J connectivity index is 1.81. The van der Waals surface area contributed by atoms with E-state index in [1.807, 2.05) is 18.2 Å². The lowest BCUT2D eigenvalue weighted by molar-refractivity contribution is 0.290. The van der Waals surface area contributed by atoms with Crippen LogP contribution < -0.4 is 15.4 Å². The first-order valence-corrected chi connectivity index (χ1v) is 10.4. The Morgan fingerprint density at radius 2 is 2.03 bits per heavy atom. The molecular weight excluding hydrogens is 362 g/mol. The number of benzene rings is 1. The number of pyridine rings is 1. The second-order valence-corrected chi connectivity index (χ2v) is 7.39. The minimum absolute atomic E-state index is 0.551. The molecule has 2 aromatic rings. The van der Waals surface area contributed by atoms with Crippen molar-refractivity contribution in [3.05, 3.63) is 41.6 Å². The van der Waals surface area contributed by atoms with Crippen molar-refractivity contribution in [2.45, 2.75) is 32.6 Å². The molecule has 0 radical (unpaired) electrons. The molecule has 1 aromatic carbocycles. The first kappa shape index (κ1) is 20.8. The SMILES string of the molecule is CCCNCCCNc1cc(-c2ccc(C#N)cc2)c(OCC2CC2)nc1C=N. The lowest BCUT2D eigenvalue weighted by atomic mass is 10.0. The van der Waals surface area contributed by atoms with Crippen molar-refractivity contribution >= 4 is 11.9 Å². The summed E-state index contributed by atoms with van der Waals surface area (Å²) < 4.78 is 6.02. The number of nitrogens with zero attached hydrogens (tertiary/aromatic N) is 2. The van der Waals surface area contributed by atoms with Crippen LogP contribution in [0.3, 0.4) is 0 Å². The van der Waals surface area contributed by atoms with E-state index in [4.69, 9.17) is 15.4 Å². The summed E-state index contributed by atoms with van der Waals surface area (Å²) in [7, 11) is 0. The third-order valence-electron chi connectivity index (χ3n) is 4.90. The van der Waals surface area contributed by atoms with Crippen LogP contribution >= 0.6 is 0 Å². The average Bonchev–Trinajstić information content (AvgIpc) is 3.59. The molecule has 1 aromatic heterocycles. The van der Waals surface area contributed by atoms with E-state index in [0.717, 1.165) is 49.3 Å². The zero-order valence-electron chi connectivity index (χ0n) is 17.0. The Kier molecular flexibility index (Phi) is 7.60. The minimum atomic E-state index is 0.551. The van der Waals surface area contributed by atoms with Gasteiger partial charge in [-0.2, -0.15) is 5.26 Å². The Bertz CT molecular complexity index is 853. The summed E-state index contributed by atoms with van der Waals surface area (Å²) in [5, 5.41) is 23.7. The summed E-state index contributed by atoms with van der Waals surface area (Å²) in [6.07, 6.45) is 5.80. The molecule has 0 bridgehead atoms. The number of aromatic nitrogens is 1. The molecule has 0 spiro atoms. The number of ether oxygens (including phenoxy) is 1. The molecule has 0 saturated heterocycles. The predicted molar refractivity (Wildman–Crippen MR) is 117 cm³/mol. The molecule has 1 fully saturated rings. The van der Waals surface area contributed by atoms with Crippen molar-refractivity contribution < 1.29 is 4.74 Å². The van der Waals surface area contributed by atoms with E-state index >= 15 is 0 Å². The molecular formula is C23H29N5O. The van der Waals surface area contributed by atoms with Gasteiger partial charge in [-0.3, -0.25) is 0 Å². The Morgan fingerprint density at radius 3 is 2.69 bits per heavy atom. The fraction of sp³-hybridized carbons (Fsp3) is 0.435. The van der Waals surface area contributed by atoms with E-state index in [-0.39, 0.29) is 0 Å². The Hall–Kier alpha value is -2.91. The molecule has 152 valence electrons. The van der Waals surface area contributed by atoms with Crippen LogP contribution in [0.15, 0.2) is 30.3 Å². The third kappa shape index (κ3) is 6.03. The van der Waals surface area contributed by atoms with Gasteiger partial charge in [0.05, 0.1) is 23.9 Å². The van der Waals surface area contributed by atoms with E-state index in [0.29, 0.717) is 29.7 Å². The molecule has 1 heterocycles. The van der Waals surface area contributed by atoms with Gasteiger partial charge in [0.15, 0.2) is 0 Å². The second-order valence-electron chi connectivity index (χ2n) is 7.39. The van der Waals surface area contributed by atoms with Crippen molar-refractivity contribution in [1.29, 1.82) is 10.7 Å². The first-order chi connectivity index (χ1) is 14.2. The maximum absolute atomic E-state index is 9.07. The van der Waals surface area contributed by atoms with Gasteiger partial charge in [0, 0.05) is 18.3 Å². The van der Waals surface area contributed by atoms with Crippen molar-refractivity contribution in [3.8, 4) is 23.1 Å². The van der Waals surface area contributed by atoms with Gasteiger partial charge in [0.1, 0.15) is 5.69 Å². The number of anilines is 1. The molecule has 3 rings (SSSR count). The summed E-state index contributed by atoms with van der Waals surface area (Å²) >= 11 is 0. The number of nitrogens with one attached hydrogen (secondary N) is 3. The quantitative estimate of drug-likeness (QED) is 0.372. The first-order valence-electron chi connectivity index (χ1n) is 10.4. The largest absolute Gasteiger partial charge is 0.477 e. The van der Waals surface area contributed by atoms with Gasteiger partial charge in [-0.05, 0) is 68.5 Å². The van der Waals surface area contributed by atoms with Crippen LogP contribution in [0.2, 0.25) is 0 Å². The molecule has 1 aliphatic rings. The van der Waals surface area contributed by atoms with Crippen LogP contribution in [0.25, 0.3) is 11.1 Å². The van der Waals surface area contributed by atoms with Gasteiger partial charge in [-0.25, -0.2) is 4.98 Å². The zero-order valence-corrected chi connectivity index (χ0v) is 17.0. The fourth-order valence-electron chi connectivity index (χ4n) is 3.02. The van der Waals surface area contributed by atoms with E-state index in [9.17, 15) is 0 Å². The number of nitriles is 1. The number of hydrogen-bond donors (Lipinski definition) is 3. The van der Waals surface area contributed by atoms with E-state index in [1.54, 1.807) is 12.1 Å². The zero-order chi connectivity index (χ0) is 20.5. The summed E-state index contributed by atoms with van der Waals surface area (Å²) in [6.45, 7) is 5.60. The van der Waals surface area contributed by atoms with Crippen LogP contribution in [0, 0.1) is 22.7 Å². The smallest absolute Gasteiger partial charge is 0.222 e.